The van der Waals surface area contributed by atoms with Crippen LogP contribution in [0.5, 0.6) is 5.75 Å². The van der Waals surface area contributed by atoms with E-state index in [0.717, 1.165) is 49.8 Å². The lowest BCUT2D eigenvalue weighted by Gasteiger charge is -2.37. The zero-order valence-electron chi connectivity index (χ0n) is 15.4. The van der Waals surface area contributed by atoms with E-state index < -0.39 is 10.0 Å². The second-order valence-corrected chi connectivity index (χ2v) is 7.65. The van der Waals surface area contributed by atoms with Crippen LogP contribution in [0, 0.1) is 0 Å². The van der Waals surface area contributed by atoms with Gasteiger partial charge in [0.1, 0.15) is 5.75 Å². The summed E-state index contributed by atoms with van der Waals surface area (Å²) in [7, 11) is 0.251. The molecule has 0 aliphatic carbocycles. The summed E-state index contributed by atoms with van der Waals surface area (Å²) >= 11 is 0. The van der Waals surface area contributed by atoms with Gasteiger partial charge < -0.3 is 19.9 Å². The van der Waals surface area contributed by atoms with Crippen LogP contribution in [0.3, 0.4) is 0 Å². The maximum Gasteiger partial charge on any atom is 0.208 e. The summed E-state index contributed by atoms with van der Waals surface area (Å²) in [5.41, 5.74) is 1.15. The van der Waals surface area contributed by atoms with Crippen molar-refractivity contribution in [2.45, 2.75) is 0 Å². The zero-order chi connectivity index (χ0) is 18.3. The standard InChI is InChI=1S/C16H27N5O3S.HI/c1-17-16(18-7-8-19-25(3,22)23)21-11-9-20(10-12-21)14-5-4-6-15(13-14)24-2;/h4-6,13,19H,7-12H2,1-3H3,(H,17,18);1H. The van der Waals surface area contributed by atoms with E-state index >= 15 is 0 Å². The molecule has 1 aliphatic heterocycles. The lowest BCUT2D eigenvalue weighted by molar-refractivity contribution is 0.372. The number of halogens is 1. The maximum absolute atomic E-state index is 11.1. The van der Waals surface area contributed by atoms with E-state index in [0.29, 0.717) is 13.1 Å². The molecule has 1 aromatic rings. The van der Waals surface area contributed by atoms with Crippen LogP contribution in [-0.2, 0) is 10.0 Å². The summed E-state index contributed by atoms with van der Waals surface area (Å²) in [5, 5.41) is 3.20. The number of piperazine rings is 1. The van der Waals surface area contributed by atoms with Crippen LogP contribution < -0.4 is 19.7 Å². The van der Waals surface area contributed by atoms with Gasteiger partial charge in [-0.15, -0.1) is 24.0 Å². The van der Waals surface area contributed by atoms with Gasteiger partial charge in [-0.05, 0) is 12.1 Å². The van der Waals surface area contributed by atoms with E-state index in [-0.39, 0.29) is 24.0 Å². The van der Waals surface area contributed by atoms with Gasteiger partial charge in [-0.2, -0.15) is 0 Å². The molecular formula is C16H28IN5O3S. The van der Waals surface area contributed by atoms with Gasteiger partial charge >= 0.3 is 0 Å². The van der Waals surface area contributed by atoms with Gasteiger partial charge in [0.15, 0.2) is 5.96 Å². The lowest BCUT2D eigenvalue weighted by Crippen LogP contribution is -2.53. The number of benzene rings is 1. The minimum atomic E-state index is -3.16. The monoisotopic (exact) mass is 497 g/mol. The van der Waals surface area contributed by atoms with E-state index in [4.69, 9.17) is 4.74 Å². The second-order valence-electron chi connectivity index (χ2n) is 5.82. The number of nitrogens with one attached hydrogen (secondary N) is 2. The van der Waals surface area contributed by atoms with Gasteiger partial charge in [0.2, 0.25) is 10.0 Å². The summed E-state index contributed by atoms with van der Waals surface area (Å²) in [5.74, 6) is 1.65. The largest absolute Gasteiger partial charge is 0.497 e. The van der Waals surface area contributed by atoms with E-state index in [1.807, 2.05) is 18.2 Å². The summed E-state index contributed by atoms with van der Waals surface area (Å²) in [6, 6.07) is 8.06. The molecule has 2 rings (SSSR count). The summed E-state index contributed by atoms with van der Waals surface area (Å²) in [6.07, 6.45) is 1.15. The molecule has 1 heterocycles. The number of hydrogen-bond donors (Lipinski definition) is 2. The Kier molecular flexibility index (Phi) is 9.44. The van der Waals surface area contributed by atoms with Crippen molar-refractivity contribution < 1.29 is 13.2 Å². The Morgan fingerprint density at radius 2 is 1.92 bits per heavy atom. The Morgan fingerprint density at radius 1 is 1.23 bits per heavy atom. The summed E-state index contributed by atoms with van der Waals surface area (Å²) < 4.78 is 29.9. The number of sulfonamides is 1. The molecule has 0 bridgehead atoms. The SMILES string of the molecule is CN=C(NCCNS(C)(=O)=O)N1CCN(c2cccc(OC)c2)CC1.I. The first-order chi connectivity index (χ1) is 11.9. The van der Waals surface area contributed by atoms with Gasteiger partial charge in [-0.25, -0.2) is 13.1 Å². The molecule has 2 N–H and O–H groups in total. The molecule has 1 saturated heterocycles. The molecule has 10 heteroatoms. The Bertz CT molecular complexity index is 691. The average molecular weight is 497 g/mol. The Hall–Kier alpha value is -1.27. The first kappa shape index (κ1) is 22.8. The highest BCUT2D eigenvalue weighted by Gasteiger charge is 2.20. The number of aliphatic imine (C=N–C) groups is 1. The predicted molar refractivity (Wildman–Crippen MR) is 116 cm³/mol. The molecule has 8 nitrogen and oxygen atoms in total. The predicted octanol–water partition coefficient (Wildman–Crippen LogP) is 0.560. The van der Waals surface area contributed by atoms with Crippen molar-refractivity contribution in [2.24, 2.45) is 4.99 Å². The second kappa shape index (κ2) is 10.8. The average Bonchev–Trinajstić information content (AvgIpc) is 2.61. The third-order valence-corrected chi connectivity index (χ3v) is 4.71. The summed E-state index contributed by atoms with van der Waals surface area (Å²) in [6.45, 7) is 4.29. The molecule has 0 saturated carbocycles. The number of ether oxygens (including phenoxy) is 1. The number of anilines is 1. The van der Waals surface area contributed by atoms with E-state index in [1.165, 1.54) is 0 Å². The first-order valence-electron chi connectivity index (χ1n) is 8.22. The van der Waals surface area contributed by atoms with Crippen molar-refractivity contribution >= 4 is 45.6 Å². The topological polar surface area (TPSA) is 86.3 Å². The van der Waals surface area contributed by atoms with Crippen LogP contribution in [0.4, 0.5) is 5.69 Å². The van der Waals surface area contributed by atoms with E-state index in [1.54, 1.807) is 14.2 Å². The van der Waals surface area contributed by atoms with Crippen LogP contribution in [0.15, 0.2) is 29.3 Å². The summed E-state index contributed by atoms with van der Waals surface area (Å²) in [4.78, 5) is 8.78. The number of methoxy groups -OCH3 is 1. The molecule has 0 atom stereocenters. The molecule has 148 valence electrons. The molecule has 0 amide bonds. The molecule has 26 heavy (non-hydrogen) atoms. The maximum atomic E-state index is 11.1. The quantitative estimate of drug-likeness (QED) is 0.259. The van der Waals surface area contributed by atoms with Crippen molar-refractivity contribution in [1.82, 2.24) is 14.9 Å². The highest BCUT2D eigenvalue weighted by atomic mass is 127. The van der Waals surface area contributed by atoms with Crippen LogP contribution in [0.2, 0.25) is 0 Å². The lowest BCUT2D eigenvalue weighted by atomic mass is 10.2. The molecule has 1 aromatic carbocycles. The number of rotatable bonds is 6. The van der Waals surface area contributed by atoms with Gasteiger partial charge in [0.25, 0.3) is 0 Å². The molecular weight excluding hydrogens is 469 g/mol. The number of guanidine groups is 1. The van der Waals surface area contributed by atoms with E-state index in [9.17, 15) is 8.42 Å². The normalized spacial score (nSPS) is 15.4. The highest BCUT2D eigenvalue weighted by molar-refractivity contribution is 14.0. The number of nitrogens with zero attached hydrogens (tertiary/aromatic N) is 3. The van der Waals surface area contributed by atoms with Crippen LogP contribution >= 0.6 is 24.0 Å². The van der Waals surface area contributed by atoms with Crippen molar-refractivity contribution in [3.05, 3.63) is 24.3 Å². The molecule has 0 aromatic heterocycles. The van der Waals surface area contributed by atoms with Crippen LogP contribution in [0.25, 0.3) is 0 Å². The van der Waals surface area contributed by atoms with Crippen LogP contribution in [0.1, 0.15) is 0 Å². The fourth-order valence-electron chi connectivity index (χ4n) is 2.73. The molecule has 1 aliphatic rings. The van der Waals surface area contributed by atoms with Crippen molar-refractivity contribution in [3.8, 4) is 5.75 Å². The fourth-order valence-corrected chi connectivity index (χ4v) is 3.20. The molecule has 0 spiro atoms. The third-order valence-electron chi connectivity index (χ3n) is 3.98. The Morgan fingerprint density at radius 3 is 2.50 bits per heavy atom. The minimum absolute atomic E-state index is 0. The molecule has 0 radical (unpaired) electrons. The smallest absolute Gasteiger partial charge is 0.208 e. The Balaban J connectivity index is 0.00000338. The van der Waals surface area contributed by atoms with Crippen LogP contribution in [-0.4, -0.2) is 79.0 Å². The van der Waals surface area contributed by atoms with Gasteiger partial charge in [0.05, 0.1) is 13.4 Å². The zero-order valence-corrected chi connectivity index (χ0v) is 18.6. The number of hydrogen-bond acceptors (Lipinski definition) is 5. The van der Waals surface area contributed by atoms with Gasteiger partial charge in [-0.3, -0.25) is 4.99 Å². The Labute approximate surface area is 173 Å². The van der Waals surface area contributed by atoms with Gasteiger partial charge in [-0.1, -0.05) is 6.07 Å². The van der Waals surface area contributed by atoms with E-state index in [2.05, 4.69) is 30.9 Å². The molecule has 0 unspecified atom stereocenters. The van der Waals surface area contributed by atoms with Crippen molar-refractivity contribution in [1.29, 1.82) is 0 Å². The van der Waals surface area contributed by atoms with Crippen molar-refractivity contribution in [3.63, 3.8) is 0 Å². The third kappa shape index (κ3) is 7.16. The first-order valence-corrected chi connectivity index (χ1v) is 10.1. The van der Waals surface area contributed by atoms with Crippen molar-refractivity contribution in [2.75, 3.05) is 64.6 Å². The molecule has 1 fully saturated rings. The minimum Gasteiger partial charge on any atom is -0.497 e. The van der Waals surface area contributed by atoms with Gasteiger partial charge in [0, 0.05) is 58.1 Å². The fraction of sp³-hybridized carbons (Fsp3) is 0.562. The highest BCUT2D eigenvalue weighted by Crippen LogP contribution is 2.22.